The Morgan fingerprint density at radius 1 is 0.871 bits per heavy atom. The number of methoxy groups -OCH3 is 1. The van der Waals surface area contributed by atoms with Gasteiger partial charge >= 0.3 is 5.97 Å². The number of rotatable bonds is 6. The summed E-state index contributed by atoms with van der Waals surface area (Å²) in [5.41, 5.74) is 2.62. The maximum absolute atomic E-state index is 13.0. The topological polar surface area (TPSA) is 64.6 Å². The fraction of sp³-hybridized carbons (Fsp3) is 0.231. The van der Waals surface area contributed by atoms with Crippen molar-refractivity contribution < 1.29 is 19.1 Å². The summed E-state index contributed by atoms with van der Waals surface area (Å²) in [5, 5.41) is 2.80. The maximum atomic E-state index is 13.0. The van der Waals surface area contributed by atoms with E-state index < -0.39 is 18.0 Å². The Bertz CT molecular complexity index is 1040. The number of carbonyl (C=O) groups excluding carboxylic acids is 2. The molecule has 5 heteroatoms. The molecule has 0 aliphatic heterocycles. The number of hydrogen-bond donors (Lipinski definition) is 1. The van der Waals surface area contributed by atoms with Crippen molar-refractivity contribution in [1.29, 1.82) is 0 Å². The van der Waals surface area contributed by atoms with E-state index in [4.69, 9.17) is 9.47 Å². The SMILES string of the molecule is COc1cccc(NC(=O)C(OC(=O)c2ccc(C(C)(C)C)cc2)c2ccccc2)c1. The second-order valence-electron chi connectivity index (χ2n) is 8.24. The van der Waals surface area contributed by atoms with Gasteiger partial charge in [-0.1, -0.05) is 69.3 Å². The van der Waals surface area contributed by atoms with Gasteiger partial charge < -0.3 is 14.8 Å². The monoisotopic (exact) mass is 417 g/mol. The van der Waals surface area contributed by atoms with Gasteiger partial charge in [0.2, 0.25) is 6.10 Å². The third-order valence-corrected chi connectivity index (χ3v) is 4.89. The maximum Gasteiger partial charge on any atom is 0.339 e. The quantitative estimate of drug-likeness (QED) is 0.536. The van der Waals surface area contributed by atoms with Gasteiger partial charge in [-0.15, -0.1) is 0 Å². The summed E-state index contributed by atoms with van der Waals surface area (Å²) >= 11 is 0. The predicted molar refractivity (Wildman–Crippen MR) is 121 cm³/mol. The normalized spacial score (nSPS) is 12.0. The van der Waals surface area contributed by atoms with Crippen LogP contribution in [0, 0.1) is 0 Å². The van der Waals surface area contributed by atoms with E-state index in [2.05, 4.69) is 26.1 Å². The Balaban J connectivity index is 1.82. The highest BCUT2D eigenvalue weighted by molar-refractivity contribution is 5.98. The summed E-state index contributed by atoms with van der Waals surface area (Å²) in [5.74, 6) is -0.390. The van der Waals surface area contributed by atoms with Crippen molar-refractivity contribution in [3.05, 3.63) is 95.6 Å². The van der Waals surface area contributed by atoms with Gasteiger partial charge in [-0.25, -0.2) is 4.79 Å². The van der Waals surface area contributed by atoms with E-state index in [1.807, 2.05) is 18.2 Å². The Labute approximate surface area is 183 Å². The first-order chi connectivity index (χ1) is 14.8. The van der Waals surface area contributed by atoms with Crippen LogP contribution in [0.25, 0.3) is 0 Å². The summed E-state index contributed by atoms with van der Waals surface area (Å²) in [6.07, 6.45) is -1.10. The lowest BCUT2D eigenvalue weighted by Gasteiger charge is -2.20. The molecule has 0 aromatic heterocycles. The fourth-order valence-electron chi connectivity index (χ4n) is 3.09. The van der Waals surface area contributed by atoms with Gasteiger partial charge in [0.15, 0.2) is 0 Å². The van der Waals surface area contributed by atoms with Crippen molar-refractivity contribution in [2.75, 3.05) is 12.4 Å². The van der Waals surface area contributed by atoms with E-state index in [0.29, 0.717) is 22.6 Å². The predicted octanol–water partition coefficient (Wildman–Crippen LogP) is 5.53. The first kappa shape index (κ1) is 22.1. The Hall–Kier alpha value is -3.60. The lowest BCUT2D eigenvalue weighted by molar-refractivity contribution is -0.125. The molecule has 0 radical (unpaired) electrons. The van der Waals surface area contributed by atoms with E-state index in [0.717, 1.165) is 5.56 Å². The molecule has 0 saturated heterocycles. The van der Waals surface area contributed by atoms with Crippen molar-refractivity contribution in [3.8, 4) is 5.75 Å². The highest BCUT2D eigenvalue weighted by Gasteiger charge is 2.26. The fourth-order valence-corrected chi connectivity index (χ4v) is 3.09. The van der Waals surface area contributed by atoms with Gasteiger partial charge in [0.1, 0.15) is 5.75 Å². The molecule has 3 aromatic rings. The molecule has 0 fully saturated rings. The third kappa shape index (κ3) is 5.72. The van der Waals surface area contributed by atoms with Crippen LogP contribution in [-0.2, 0) is 14.9 Å². The lowest BCUT2D eigenvalue weighted by Crippen LogP contribution is -2.26. The Morgan fingerprint density at radius 3 is 2.16 bits per heavy atom. The number of anilines is 1. The van der Waals surface area contributed by atoms with E-state index in [1.165, 1.54) is 0 Å². The molecule has 1 N–H and O–H groups in total. The van der Waals surface area contributed by atoms with Gasteiger partial charge in [-0.05, 0) is 35.2 Å². The minimum Gasteiger partial charge on any atom is -0.497 e. The molecule has 160 valence electrons. The van der Waals surface area contributed by atoms with Gasteiger partial charge in [-0.2, -0.15) is 0 Å². The zero-order valence-electron chi connectivity index (χ0n) is 18.2. The van der Waals surface area contributed by atoms with E-state index in [9.17, 15) is 9.59 Å². The molecule has 0 aliphatic carbocycles. The lowest BCUT2D eigenvalue weighted by atomic mass is 9.87. The van der Waals surface area contributed by atoms with Crippen molar-refractivity contribution in [2.45, 2.75) is 32.3 Å². The second-order valence-corrected chi connectivity index (χ2v) is 8.24. The van der Waals surface area contributed by atoms with Crippen LogP contribution in [0.15, 0.2) is 78.9 Å². The number of hydrogen-bond acceptors (Lipinski definition) is 4. The average Bonchev–Trinajstić information content (AvgIpc) is 2.77. The van der Waals surface area contributed by atoms with Crippen LogP contribution in [0.2, 0.25) is 0 Å². The highest BCUT2D eigenvalue weighted by Crippen LogP contribution is 2.25. The van der Waals surface area contributed by atoms with Crippen LogP contribution < -0.4 is 10.1 Å². The molecule has 5 nitrogen and oxygen atoms in total. The molecular formula is C26H27NO4. The third-order valence-electron chi connectivity index (χ3n) is 4.89. The van der Waals surface area contributed by atoms with Gasteiger partial charge in [-0.3, -0.25) is 4.79 Å². The minimum atomic E-state index is -1.10. The highest BCUT2D eigenvalue weighted by atomic mass is 16.5. The first-order valence-electron chi connectivity index (χ1n) is 10.1. The summed E-state index contributed by atoms with van der Waals surface area (Å²) in [4.78, 5) is 25.9. The molecule has 1 atom stereocenters. The molecule has 0 spiro atoms. The number of esters is 1. The largest absolute Gasteiger partial charge is 0.497 e. The molecule has 0 bridgehead atoms. The number of amides is 1. The van der Waals surface area contributed by atoms with Crippen LogP contribution in [0.1, 0.15) is 48.4 Å². The average molecular weight is 418 g/mol. The van der Waals surface area contributed by atoms with Crippen LogP contribution in [0.3, 0.4) is 0 Å². The number of nitrogens with one attached hydrogen (secondary N) is 1. The molecule has 0 heterocycles. The summed E-state index contributed by atoms with van der Waals surface area (Å²) < 4.78 is 10.9. The van der Waals surface area contributed by atoms with Gasteiger partial charge in [0, 0.05) is 17.3 Å². The van der Waals surface area contributed by atoms with Crippen molar-refractivity contribution in [3.63, 3.8) is 0 Å². The van der Waals surface area contributed by atoms with Crippen molar-refractivity contribution in [2.24, 2.45) is 0 Å². The van der Waals surface area contributed by atoms with E-state index >= 15 is 0 Å². The van der Waals surface area contributed by atoms with Crippen LogP contribution >= 0.6 is 0 Å². The molecule has 1 amide bonds. The zero-order valence-corrected chi connectivity index (χ0v) is 18.2. The number of ether oxygens (including phenoxy) is 2. The van der Waals surface area contributed by atoms with E-state index in [1.54, 1.807) is 67.8 Å². The zero-order chi connectivity index (χ0) is 22.4. The number of carbonyl (C=O) groups is 2. The molecule has 1 unspecified atom stereocenters. The van der Waals surface area contributed by atoms with Gasteiger partial charge in [0.05, 0.1) is 12.7 Å². The van der Waals surface area contributed by atoms with Crippen LogP contribution in [0.4, 0.5) is 5.69 Å². The summed E-state index contributed by atoms with van der Waals surface area (Å²) in [6.45, 7) is 6.32. The molecule has 3 rings (SSSR count). The summed E-state index contributed by atoms with van der Waals surface area (Å²) in [7, 11) is 1.56. The Morgan fingerprint density at radius 2 is 1.55 bits per heavy atom. The minimum absolute atomic E-state index is 0.0222. The van der Waals surface area contributed by atoms with Crippen LogP contribution in [-0.4, -0.2) is 19.0 Å². The van der Waals surface area contributed by atoms with Gasteiger partial charge in [0.25, 0.3) is 5.91 Å². The smallest absolute Gasteiger partial charge is 0.339 e. The Kier molecular flexibility index (Phi) is 6.75. The molecule has 31 heavy (non-hydrogen) atoms. The molecule has 3 aromatic carbocycles. The van der Waals surface area contributed by atoms with Crippen LogP contribution in [0.5, 0.6) is 5.75 Å². The standard InChI is InChI=1S/C26H27NO4/c1-26(2,3)20-15-13-19(14-16-20)25(29)31-23(18-9-6-5-7-10-18)24(28)27-21-11-8-12-22(17-21)30-4/h5-17,23H,1-4H3,(H,27,28). The first-order valence-corrected chi connectivity index (χ1v) is 10.1. The van der Waals surface area contributed by atoms with E-state index in [-0.39, 0.29) is 5.41 Å². The van der Waals surface area contributed by atoms with Crippen molar-refractivity contribution >= 4 is 17.6 Å². The summed E-state index contributed by atoms with van der Waals surface area (Å²) in [6, 6.07) is 23.2. The second kappa shape index (κ2) is 9.47. The molecule has 0 saturated carbocycles. The molecule has 0 aliphatic rings. The molecular weight excluding hydrogens is 390 g/mol. The van der Waals surface area contributed by atoms with Crippen molar-refractivity contribution in [1.82, 2.24) is 0 Å². The number of benzene rings is 3.